The minimum atomic E-state index is -0.978. The van der Waals surface area contributed by atoms with Crippen molar-refractivity contribution in [1.29, 1.82) is 0 Å². The van der Waals surface area contributed by atoms with Gasteiger partial charge in [0.15, 0.2) is 0 Å². The summed E-state index contributed by atoms with van der Waals surface area (Å²) in [5, 5.41) is 15.7. The van der Waals surface area contributed by atoms with Crippen molar-refractivity contribution in [3.05, 3.63) is 0 Å². The van der Waals surface area contributed by atoms with E-state index >= 15 is 0 Å². The number of morpholine rings is 1. The Morgan fingerprint density at radius 3 is 2.79 bits per heavy atom. The van der Waals surface area contributed by atoms with Crippen molar-refractivity contribution in [2.75, 3.05) is 19.7 Å². The van der Waals surface area contributed by atoms with Crippen LogP contribution in [-0.4, -0.2) is 53.0 Å². The second-order valence-electron chi connectivity index (χ2n) is 3.09. The largest absolute Gasteiger partial charge is 0.481 e. The number of carbonyl (C=O) groups excluding carboxylic acids is 1. The van der Waals surface area contributed by atoms with Crippen molar-refractivity contribution < 1.29 is 24.5 Å². The van der Waals surface area contributed by atoms with Crippen molar-refractivity contribution in [3.8, 4) is 0 Å². The summed E-state index contributed by atoms with van der Waals surface area (Å²) in [5.41, 5.74) is 0. The number of ether oxygens (including phenoxy) is 1. The minimum absolute atomic E-state index is 0.00204. The van der Waals surface area contributed by atoms with Crippen molar-refractivity contribution in [2.24, 2.45) is 0 Å². The van der Waals surface area contributed by atoms with Crippen LogP contribution in [0.5, 0.6) is 0 Å². The maximum Gasteiger partial charge on any atom is 0.303 e. The molecule has 0 aromatic rings. The van der Waals surface area contributed by atoms with Gasteiger partial charge in [0.2, 0.25) is 5.91 Å². The molecule has 1 atom stereocenters. The maximum absolute atomic E-state index is 11.4. The SMILES string of the molecule is O=C(O)CCC(=O)N1CCO[C@@H]([OH2+])C1. The Bertz CT molecular complexity index is 230. The van der Waals surface area contributed by atoms with Gasteiger partial charge in [0.25, 0.3) is 6.29 Å². The quantitative estimate of drug-likeness (QED) is 0.582. The molecule has 1 amide bonds. The Morgan fingerprint density at radius 2 is 2.21 bits per heavy atom. The zero-order valence-corrected chi connectivity index (χ0v) is 7.73. The average molecular weight is 204 g/mol. The Hall–Kier alpha value is -1.14. The molecular weight excluding hydrogens is 190 g/mol. The van der Waals surface area contributed by atoms with E-state index in [9.17, 15) is 9.59 Å². The Morgan fingerprint density at radius 1 is 1.50 bits per heavy atom. The second kappa shape index (κ2) is 4.92. The molecule has 1 aliphatic heterocycles. The third-order valence-corrected chi connectivity index (χ3v) is 1.97. The van der Waals surface area contributed by atoms with Crippen molar-refractivity contribution in [1.82, 2.24) is 4.90 Å². The number of carboxylic acid groups (broad SMARTS) is 1. The lowest BCUT2D eigenvalue weighted by atomic mass is 10.2. The van der Waals surface area contributed by atoms with E-state index in [0.717, 1.165) is 0 Å². The molecular formula is C8H14NO5+. The van der Waals surface area contributed by atoms with Gasteiger partial charge < -0.3 is 19.8 Å². The van der Waals surface area contributed by atoms with E-state index in [1.807, 2.05) is 0 Å². The van der Waals surface area contributed by atoms with Gasteiger partial charge >= 0.3 is 5.97 Å². The molecule has 0 spiro atoms. The summed E-state index contributed by atoms with van der Waals surface area (Å²) in [7, 11) is 0. The Kier molecular flexibility index (Phi) is 3.84. The second-order valence-corrected chi connectivity index (χ2v) is 3.09. The van der Waals surface area contributed by atoms with E-state index in [-0.39, 0.29) is 25.3 Å². The number of carboxylic acids is 1. The highest BCUT2D eigenvalue weighted by Crippen LogP contribution is 2.05. The highest BCUT2D eigenvalue weighted by molar-refractivity contribution is 5.80. The van der Waals surface area contributed by atoms with Gasteiger partial charge in [-0.3, -0.25) is 9.59 Å². The van der Waals surface area contributed by atoms with E-state index in [1.54, 1.807) is 0 Å². The van der Waals surface area contributed by atoms with Crippen molar-refractivity contribution in [3.63, 3.8) is 0 Å². The minimum Gasteiger partial charge on any atom is -0.481 e. The molecule has 0 aromatic carbocycles. The molecule has 6 heteroatoms. The van der Waals surface area contributed by atoms with Crippen LogP contribution in [0.15, 0.2) is 0 Å². The summed E-state index contributed by atoms with van der Waals surface area (Å²) in [6, 6.07) is 0. The van der Waals surface area contributed by atoms with Gasteiger partial charge in [-0.05, 0) is 0 Å². The molecule has 1 fully saturated rings. The van der Waals surface area contributed by atoms with E-state index in [2.05, 4.69) is 0 Å². The van der Waals surface area contributed by atoms with Gasteiger partial charge in [-0.2, -0.15) is 0 Å². The molecule has 1 rings (SSSR count). The zero-order valence-electron chi connectivity index (χ0n) is 7.73. The fraction of sp³-hybridized carbons (Fsp3) is 0.750. The van der Waals surface area contributed by atoms with Gasteiger partial charge in [0.05, 0.1) is 13.0 Å². The Labute approximate surface area is 81.1 Å². The number of nitrogens with zero attached hydrogens (tertiary/aromatic N) is 1. The van der Waals surface area contributed by atoms with Crippen molar-refractivity contribution in [2.45, 2.75) is 19.1 Å². The Balaban J connectivity index is 2.32. The predicted molar refractivity (Wildman–Crippen MR) is 46.8 cm³/mol. The van der Waals surface area contributed by atoms with Gasteiger partial charge in [0, 0.05) is 13.0 Å². The van der Waals surface area contributed by atoms with Gasteiger partial charge in [-0.25, -0.2) is 0 Å². The van der Waals surface area contributed by atoms with E-state index in [4.69, 9.17) is 14.9 Å². The molecule has 0 radical (unpaired) electrons. The summed E-state index contributed by atoms with van der Waals surface area (Å²) in [5.74, 6) is -1.19. The van der Waals surface area contributed by atoms with Crippen LogP contribution in [0.3, 0.4) is 0 Å². The van der Waals surface area contributed by atoms with Crippen LogP contribution >= 0.6 is 0 Å². The van der Waals surface area contributed by atoms with Crippen LogP contribution in [0.2, 0.25) is 0 Å². The summed E-state index contributed by atoms with van der Waals surface area (Å²) in [6.45, 7) is 1.04. The first-order valence-corrected chi connectivity index (χ1v) is 4.42. The molecule has 0 aliphatic carbocycles. The molecule has 14 heavy (non-hydrogen) atoms. The number of carbonyl (C=O) groups is 2. The summed E-state index contributed by atoms with van der Waals surface area (Å²) in [4.78, 5) is 23.1. The van der Waals surface area contributed by atoms with E-state index < -0.39 is 12.3 Å². The molecule has 0 unspecified atom stereocenters. The van der Waals surface area contributed by atoms with Crippen molar-refractivity contribution >= 4 is 11.9 Å². The molecule has 6 nitrogen and oxygen atoms in total. The number of rotatable bonds is 3. The molecule has 0 aromatic heterocycles. The van der Waals surface area contributed by atoms with Crippen LogP contribution in [0, 0.1) is 0 Å². The smallest absolute Gasteiger partial charge is 0.303 e. The summed E-state index contributed by atoms with van der Waals surface area (Å²) in [6.07, 6.45) is -0.849. The molecule has 3 N–H and O–H groups in total. The molecule has 1 saturated heterocycles. The summed E-state index contributed by atoms with van der Waals surface area (Å²) >= 11 is 0. The molecule has 1 heterocycles. The fourth-order valence-electron chi connectivity index (χ4n) is 1.25. The maximum atomic E-state index is 11.4. The fourth-order valence-corrected chi connectivity index (χ4v) is 1.25. The normalized spacial score (nSPS) is 22.1. The van der Waals surface area contributed by atoms with Crippen LogP contribution in [0.4, 0.5) is 0 Å². The lowest BCUT2D eigenvalue weighted by Crippen LogP contribution is -2.45. The van der Waals surface area contributed by atoms with E-state index in [1.165, 1.54) is 4.90 Å². The van der Waals surface area contributed by atoms with Gasteiger partial charge in [-0.1, -0.05) is 0 Å². The molecule has 80 valence electrons. The number of aliphatic carboxylic acids is 1. The highest BCUT2D eigenvalue weighted by Gasteiger charge is 2.25. The van der Waals surface area contributed by atoms with Gasteiger partial charge in [-0.15, -0.1) is 0 Å². The highest BCUT2D eigenvalue weighted by atomic mass is 16.6. The molecule has 1 aliphatic rings. The van der Waals surface area contributed by atoms with Crippen LogP contribution in [-0.2, 0) is 14.3 Å². The van der Waals surface area contributed by atoms with E-state index in [0.29, 0.717) is 13.2 Å². The first-order valence-electron chi connectivity index (χ1n) is 4.42. The lowest BCUT2D eigenvalue weighted by molar-refractivity contribution is -0.164. The number of amides is 1. The van der Waals surface area contributed by atoms with Crippen LogP contribution < -0.4 is 0 Å². The zero-order chi connectivity index (χ0) is 10.6. The molecule has 0 bridgehead atoms. The third-order valence-electron chi connectivity index (χ3n) is 1.97. The monoisotopic (exact) mass is 204 g/mol. The topological polar surface area (TPSA) is 89.7 Å². The third kappa shape index (κ3) is 3.31. The molecule has 0 saturated carbocycles. The first-order chi connectivity index (χ1) is 6.59. The van der Waals surface area contributed by atoms with Gasteiger partial charge in [0.1, 0.15) is 6.54 Å². The lowest BCUT2D eigenvalue weighted by Gasteiger charge is -2.27. The number of hydrogen-bond donors (Lipinski definition) is 1. The first kappa shape index (κ1) is 10.9. The van der Waals surface area contributed by atoms with Crippen LogP contribution in [0.25, 0.3) is 0 Å². The van der Waals surface area contributed by atoms with Crippen LogP contribution in [0.1, 0.15) is 12.8 Å². The summed E-state index contributed by atoms with van der Waals surface area (Å²) < 4.78 is 4.94. The average Bonchev–Trinajstić information content (AvgIpc) is 2.14. The number of hydrogen-bond acceptors (Lipinski definition) is 3. The standard InChI is InChI=1S/C8H13NO5/c10-6(1-2-7(11)12)9-3-4-14-8(13)5-9/h8,13H,1-5H2,(H,11,12)/p+1/t8-/m1/s1. The predicted octanol–water partition coefficient (Wildman–Crippen LogP) is -1.24.